The zero-order valence-corrected chi connectivity index (χ0v) is 22.6. The number of likely N-dealkylation sites (tertiary alicyclic amines) is 1. The van der Waals surface area contributed by atoms with Gasteiger partial charge in [0.25, 0.3) is 5.78 Å². The van der Waals surface area contributed by atoms with Crippen molar-refractivity contribution in [1.29, 1.82) is 0 Å². The number of alkyl halides is 3. The van der Waals surface area contributed by atoms with Crippen molar-refractivity contribution in [3.05, 3.63) is 24.3 Å². The second-order valence-corrected chi connectivity index (χ2v) is 11.5. The maximum atomic E-state index is 13.4. The average molecular weight is 563 g/mol. The first-order chi connectivity index (χ1) is 17.5. The summed E-state index contributed by atoms with van der Waals surface area (Å²) in [6.07, 6.45) is -4.63. The number of nitrogens with one attached hydrogen (secondary N) is 3. The summed E-state index contributed by atoms with van der Waals surface area (Å²) in [4.78, 5) is 50.3. The first-order valence-corrected chi connectivity index (χ1v) is 13.6. The molecule has 1 aromatic carbocycles. The Labute approximate surface area is 219 Å². The van der Waals surface area contributed by atoms with E-state index in [4.69, 9.17) is 0 Å². The maximum Gasteiger partial charge on any atom is 0.452 e. The lowest BCUT2D eigenvalue weighted by Crippen LogP contribution is -2.58. The predicted molar refractivity (Wildman–Crippen MR) is 132 cm³/mol. The van der Waals surface area contributed by atoms with Gasteiger partial charge in [0.2, 0.25) is 27.7 Å². The Morgan fingerprint density at radius 2 is 1.53 bits per heavy atom. The standard InChI is InChI=1S/C24H33F3N4O6S/c1-13(2)19(21(33)24(25,26)27)29-22(34)18-7-6-12-31(18)23(35)20(14(3)4)30-38(36,37)17-10-8-16(9-11-17)28-15(5)32/h8-11,13-14,18-20,30H,6-7,12H2,1-5H3,(H,28,32)(H,29,34)/t18-,19?,20-/m0/s1. The number of rotatable bonds is 10. The lowest BCUT2D eigenvalue weighted by atomic mass is 9.98. The third-order valence-corrected chi connectivity index (χ3v) is 7.52. The summed E-state index contributed by atoms with van der Waals surface area (Å²) in [7, 11) is -4.20. The van der Waals surface area contributed by atoms with Gasteiger partial charge in [-0.25, -0.2) is 8.42 Å². The molecule has 0 spiro atoms. The Balaban J connectivity index is 2.23. The first kappa shape index (κ1) is 31.2. The van der Waals surface area contributed by atoms with Crippen LogP contribution in [0.5, 0.6) is 0 Å². The number of anilines is 1. The van der Waals surface area contributed by atoms with Gasteiger partial charge >= 0.3 is 6.18 Å². The number of benzene rings is 1. The van der Waals surface area contributed by atoms with E-state index in [0.717, 1.165) is 4.90 Å². The molecule has 1 aliphatic rings. The van der Waals surface area contributed by atoms with Crippen molar-refractivity contribution in [2.45, 2.75) is 76.7 Å². The topological polar surface area (TPSA) is 142 Å². The van der Waals surface area contributed by atoms with Crippen molar-refractivity contribution < 1.29 is 40.8 Å². The van der Waals surface area contributed by atoms with Gasteiger partial charge in [0.15, 0.2) is 0 Å². The number of sulfonamides is 1. The SMILES string of the molecule is CC(=O)Nc1ccc(S(=O)(=O)N[C@H](C(=O)N2CCC[C@H]2C(=O)NC(C(=O)C(F)(F)F)C(C)C)C(C)C)cc1. The summed E-state index contributed by atoms with van der Waals surface area (Å²) in [5.74, 6) is -5.45. The minimum atomic E-state index is -5.14. The van der Waals surface area contributed by atoms with Gasteiger partial charge in [0, 0.05) is 19.2 Å². The van der Waals surface area contributed by atoms with Gasteiger partial charge in [-0.3, -0.25) is 19.2 Å². The molecular weight excluding hydrogens is 529 g/mol. The number of amides is 3. The number of hydrogen-bond donors (Lipinski definition) is 3. The van der Waals surface area contributed by atoms with E-state index < -0.39 is 63.8 Å². The Morgan fingerprint density at radius 1 is 0.974 bits per heavy atom. The van der Waals surface area contributed by atoms with E-state index in [9.17, 15) is 40.8 Å². The molecule has 1 aromatic rings. The molecule has 0 radical (unpaired) electrons. The van der Waals surface area contributed by atoms with Crippen LogP contribution < -0.4 is 15.4 Å². The van der Waals surface area contributed by atoms with Gasteiger partial charge in [-0.15, -0.1) is 0 Å². The van der Waals surface area contributed by atoms with Crippen LogP contribution in [0.25, 0.3) is 0 Å². The first-order valence-electron chi connectivity index (χ1n) is 12.1. The molecule has 1 fully saturated rings. The summed E-state index contributed by atoms with van der Waals surface area (Å²) >= 11 is 0. The number of Topliss-reactive ketones (excluding diaryl/α,β-unsaturated/α-hetero) is 1. The zero-order chi connectivity index (χ0) is 29.0. The highest BCUT2D eigenvalue weighted by atomic mass is 32.2. The summed E-state index contributed by atoms with van der Waals surface area (Å²) in [5.41, 5.74) is 0.377. The number of nitrogens with zero attached hydrogens (tertiary/aromatic N) is 1. The Hall–Kier alpha value is -3.00. The normalized spacial score (nSPS) is 17.8. The van der Waals surface area contributed by atoms with Crippen molar-refractivity contribution in [2.75, 3.05) is 11.9 Å². The summed E-state index contributed by atoms with van der Waals surface area (Å²) in [5, 5.41) is 4.65. The molecule has 3 amide bonds. The number of hydrogen-bond acceptors (Lipinski definition) is 6. The molecule has 1 unspecified atom stereocenters. The molecule has 0 aromatic heterocycles. The van der Waals surface area contributed by atoms with Crippen molar-refractivity contribution in [2.24, 2.45) is 11.8 Å². The van der Waals surface area contributed by atoms with Crippen LogP contribution in [0.1, 0.15) is 47.5 Å². The van der Waals surface area contributed by atoms with Crippen LogP contribution in [0, 0.1) is 11.8 Å². The summed E-state index contributed by atoms with van der Waals surface area (Å²) in [6.45, 7) is 7.32. The quantitative estimate of drug-likeness (QED) is 0.399. The molecule has 1 aliphatic heterocycles. The van der Waals surface area contributed by atoms with Crippen LogP contribution in [0.4, 0.5) is 18.9 Å². The molecule has 0 bridgehead atoms. The molecule has 3 N–H and O–H groups in total. The molecule has 0 aliphatic carbocycles. The fraction of sp³-hybridized carbons (Fsp3) is 0.583. The largest absolute Gasteiger partial charge is 0.452 e. The molecule has 2 rings (SSSR count). The van der Waals surface area contributed by atoms with Crippen LogP contribution in [0.2, 0.25) is 0 Å². The highest BCUT2D eigenvalue weighted by Crippen LogP contribution is 2.25. The fourth-order valence-corrected chi connectivity index (χ4v) is 5.41. The Kier molecular flexibility index (Phi) is 10.1. The van der Waals surface area contributed by atoms with Gasteiger partial charge in [-0.05, 0) is 48.9 Å². The number of ketones is 1. The lowest BCUT2D eigenvalue weighted by molar-refractivity contribution is -0.175. The highest BCUT2D eigenvalue weighted by Gasteiger charge is 2.46. The Morgan fingerprint density at radius 3 is 2.00 bits per heavy atom. The molecule has 14 heteroatoms. The molecule has 3 atom stereocenters. The van der Waals surface area contributed by atoms with Crippen molar-refractivity contribution in [1.82, 2.24) is 14.9 Å². The van der Waals surface area contributed by atoms with E-state index in [-0.39, 0.29) is 23.8 Å². The fourth-order valence-electron chi connectivity index (χ4n) is 4.07. The molecule has 38 heavy (non-hydrogen) atoms. The third kappa shape index (κ3) is 7.76. The number of halogens is 3. The molecule has 0 saturated carbocycles. The molecule has 10 nitrogen and oxygen atoms in total. The van der Waals surface area contributed by atoms with Gasteiger partial charge in [0.1, 0.15) is 12.1 Å². The van der Waals surface area contributed by atoms with Gasteiger partial charge in [-0.1, -0.05) is 27.7 Å². The second kappa shape index (κ2) is 12.2. The molecule has 212 valence electrons. The predicted octanol–water partition coefficient (Wildman–Crippen LogP) is 2.21. The maximum absolute atomic E-state index is 13.4. The van der Waals surface area contributed by atoms with Crippen molar-refractivity contribution in [3.63, 3.8) is 0 Å². The van der Waals surface area contributed by atoms with Crippen LogP contribution in [-0.4, -0.2) is 67.7 Å². The van der Waals surface area contributed by atoms with Crippen LogP contribution in [0.3, 0.4) is 0 Å². The highest BCUT2D eigenvalue weighted by molar-refractivity contribution is 7.89. The minimum Gasteiger partial charge on any atom is -0.344 e. The zero-order valence-electron chi connectivity index (χ0n) is 21.8. The van der Waals surface area contributed by atoms with E-state index in [1.165, 1.54) is 45.0 Å². The molecule has 1 saturated heterocycles. The monoisotopic (exact) mass is 562 g/mol. The van der Waals surface area contributed by atoms with Crippen LogP contribution in [0.15, 0.2) is 29.2 Å². The van der Waals surface area contributed by atoms with Crippen molar-refractivity contribution >= 4 is 39.2 Å². The average Bonchev–Trinajstić information content (AvgIpc) is 3.29. The van der Waals surface area contributed by atoms with Gasteiger partial charge < -0.3 is 15.5 Å². The van der Waals surface area contributed by atoms with Gasteiger partial charge in [-0.2, -0.15) is 17.9 Å². The number of carbonyl (C=O) groups excluding carboxylic acids is 4. The van der Waals surface area contributed by atoms with E-state index in [2.05, 4.69) is 15.4 Å². The molecular formula is C24H33F3N4O6S. The smallest absolute Gasteiger partial charge is 0.344 e. The van der Waals surface area contributed by atoms with Crippen molar-refractivity contribution in [3.8, 4) is 0 Å². The van der Waals surface area contributed by atoms with Gasteiger partial charge in [0.05, 0.1) is 10.9 Å². The summed E-state index contributed by atoms with van der Waals surface area (Å²) < 4.78 is 67.4. The van der Waals surface area contributed by atoms with E-state index in [0.29, 0.717) is 12.1 Å². The van der Waals surface area contributed by atoms with E-state index in [1.54, 1.807) is 13.8 Å². The minimum absolute atomic E-state index is 0.0901. The second-order valence-electron chi connectivity index (χ2n) is 9.83. The van der Waals surface area contributed by atoms with Crippen LogP contribution >= 0.6 is 0 Å². The third-order valence-electron chi connectivity index (χ3n) is 6.06. The molecule has 1 heterocycles. The lowest BCUT2D eigenvalue weighted by Gasteiger charge is -2.31. The van der Waals surface area contributed by atoms with E-state index >= 15 is 0 Å². The summed E-state index contributed by atoms with van der Waals surface area (Å²) in [6, 6.07) is 1.03. The Bertz CT molecular complexity index is 1150. The van der Waals surface area contributed by atoms with E-state index in [1.807, 2.05) is 0 Å². The van der Waals surface area contributed by atoms with Crippen LogP contribution in [-0.2, 0) is 29.2 Å². The number of carbonyl (C=O) groups is 4.